The van der Waals surface area contributed by atoms with Crippen molar-refractivity contribution in [1.82, 2.24) is 20.2 Å². The highest BCUT2D eigenvalue weighted by atomic mass is 35.5. The number of aliphatic carboxylic acids is 2. The molecule has 6 N–H and O–H groups in total. The lowest BCUT2D eigenvalue weighted by molar-refractivity contribution is -0.663. The summed E-state index contributed by atoms with van der Waals surface area (Å²) >= 11 is 8.30. The molecule has 14 nitrogen and oxygen atoms in total. The number of hydrogen-bond donors (Lipinski definition) is 5. The first-order chi connectivity index (χ1) is 19.1. The zero-order valence-corrected chi connectivity index (χ0v) is 22.9. The molecule has 0 aromatic carbocycles. The first kappa shape index (κ1) is 27.4. The van der Waals surface area contributed by atoms with E-state index in [-0.39, 0.29) is 27.4 Å². The van der Waals surface area contributed by atoms with Crippen LogP contribution in [0.25, 0.3) is 11.0 Å². The number of amides is 2. The number of oxime groups is 1. The Hall–Kier alpha value is -4.15. The lowest BCUT2D eigenvalue weighted by Crippen LogP contribution is -2.71. The minimum Gasteiger partial charge on any atom is -0.478 e. The number of rotatable bonds is 9. The number of β-lactam (4-membered cyclic amide) rings is 1. The number of carbonyl (C=O) groups excluding carboxylic acids is 2. The van der Waals surface area contributed by atoms with E-state index in [1.165, 1.54) is 18.7 Å². The molecular formula is C23H21ClN7O7S2+. The van der Waals surface area contributed by atoms with Crippen LogP contribution in [0.4, 0.5) is 5.13 Å². The highest BCUT2D eigenvalue weighted by molar-refractivity contribution is 8.00. The van der Waals surface area contributed by atoms with E-state index in [0.717, 1.165) is 27.3 Å². The Labute approximate surface area is 238 Å². The summed E-state index contributed by atoms with van der Waals surface area (Å²) in [4.78, 5) is 63.0. The number of thiazole rings is 1. The predicted molar refractivity (Wildman–Crippen MR) is 144 cm³/mol. The number of carbonyl (C=O) groups is 4. The standard InChI is InChI=1S/C23H20ClN7O7S2/c1-9(21(34)35)38-29-14(13-17(24)40-23(25)28-13)18(32)27-15-19(33)31-16(22(36)37)10(8-39-20(15)31)7-30-6-2-3-11-12(30)4-5-26-11/h2-6,9,15,20H,7-8H2,1H3,(H5,25,27,28,32,34,35,36,37)/p+1/t9-,15?,20?/m0/s1. The third-order valence-electron chi connectivity index (χ3n) is 6.18. The number of halogens is 1. The molecule has 0 radical (unpaired) electrons. The zero-order valence-electron chi connectivity index (χ0n) is 20.5. The SMILES string of the molecule is C[C@H](ON=C(C(=O)NC1C(=O)N2C(C(=O)O)=C(C[n+]3cccc4[nH]ccc43)CSC12)c1nc(N)sc1Cl)C(=O)O. The van der Waals surface area contributed by atoms with E-state index in [4.69, 9.17) is 27.3 Å². The Morgan fingerprint density at radius 3 is 2.85 bits per heavy atom. The molecule has 40 heavy (non-hydrogen) atoms. The summed E-state index contributed by atoms with van der Waals surface area (Å²) in [6, 6.07) is 4.51. The van der Waals surface area contributed by atoms with Gasteiger partial charge in [-0.25, -0.2) is 14.6 Å². The van der Waals surface area contributed by atoms with Crippen LogP contribution in [0.1, 0.15) is 12.6 Å². The van der Waals surface area contributed by atoms with Crippen molar-refractivity contribution in [2.75, 3.05) is 11.5 Å². The van der Waals surface area contributed by atoms with Crippen LogP contribution < -0.4 is 15.6 Å². The van der Waals surface area contributed by atoms with Crippen molar-refractivity contribution in [3.05, 3.63) is 51.9 Å². The first-order valence-corrected chi connectivity index (χ1v) is 13.9. The van der Waals surface area contributed by atoms with Gasteiger partial charge >= 0.3 is 11.9 Å². The van der Waals surface area contributed by atoms with Gasteiger partial charge in [0, 0.05) is 29.7 Å². The lowest BCUT2D eigenvalue weighted by atomic mass is 10.0. The van der Waals surface area contributed by atoms with Gasteiger partial charge in [-0.2, -0.15) is 4.57 Å². The Kier molecular flexibility index (Phi) is 7.39. The molecule has 3 atom stereocenters. The molecule has 1 fully saturated rings. The Morgan fingerprint density at radius 2 is 2.17 bits per heavy atom. The fourth-order valence-electron chi connectivity index (χ4n) is 4.27. The van der Waals surface area contributed by atoms with Gasteiger partial charge in [0.25, 0.3) is 11.8 Å². The molecule has 0 bridgehead atoms. The summed E-state index contributed by atoms with van der Waals surface area (Å²) < 4.78 is 1.89. The minimum atomic E-state index is -1.40. The smallest absolute Gasteiger partial charge is 0.352 e. The second-order valence-electron chi connectivity index (χ2n) is 8.73. The van der Waals surface area contributed by atoms with E-state index < -0.39 is 47.0 Å². The van der Waals surface area contributed by atoms with E-state index in [1.54, 1.807) is 6.20 Å². The Balaban J connectivity index is 1.38. The molecule has 17 heteroatoms. The van der Waals surface area contributed by atoms with Crippen LogP contribution in [0, 0.1) is 0 Å². The van der Waals surface area contributed by atoms with Crippen molar-refractivity contribution in [1.29, 1.82) is 0 Å². The largest absolute Gasteiger partial charge is 0.478 e. The van der Waals surface area contributed by atoms with Crippen LogP contribution in [0.2, 0.25) is 4.34 Å². The van der Waals surface area contributed by atoms with E-state index in [1.807, 2.05) is 29.0 Å². The third kappa shape index (κ3) is 4.96. The summed E-state index contributed by atoms with van der Waals surface area (Å²) in [5.41, 5.74) is 7.20. The molecule has 5 rings (SSSR count). The Morgan fingerprint density at radius 1 is 1.40 bits per heavy atom. The molecule has 2 amide bonds. The Bertz CT molecular complexity index is 1620. The first-order valence-electron chi connectivity index (χ1n) is 11.6. The summed E-state index contributed by atoms with van der Waals surface area (Å²) in [6.45, 7) is 1.45. The fourth-order valence-corrected chi connectivity index (χ4v) is 6.54. The molecule has 3 aromatic rings. The number of aromatic amines is 1. The number of carboxylic acid groups (broad SMARTS) is 2. The van der Waals surface area contributed by atoms with Crippen LogP contribution in [0.3, 0.4) is 0 Å². The van der Waals surface area contributed by atoms with E-state index >= 15 is 0 Å². The van der Waals surface area contributed by atoms with Gasteiger partial charge in [-0.15, -0.1) is 11.8 Å². The van der Waals surface area contributed by atoms with E-state index in [9.17, 15) is 24.3 Å². The van der Waals surface area contributed by atoms with Gasteiger partial charge in [-0.05, 0) is 13.0 Å². The number of nitrogen functional groups attached to an aromatic ring is 1. The summed E-state index contributed by atoms with van der Waals surface area (Å²) in [5, 5.41) is 24.6. The molecule has 2 aliphatic rings. The highest BCUT2D eigenvalue weighted by Crippen LogP contribution is 2.40. The molecule has 0 spiro atoms. The number of aromatic nitrogens is 3. The zero-order chi connectivity index (χ0) is 28.7. The summed E-state index contributed by atoms with van der Waals surface area (Å²) in [7, 11) is 0. The van der Waals surface area contributed by atoms with Crippen molar-refractivity contribution in [2.24, 2.45) is 5.16 Å². The van der Waals surface area contributed by atoms with Crippen molar-refractivity contribution in [3.63, 3.8) is 0 Å². The number of nitrogens with zero attached hydrogens (tertiary/aromatic N) is 4. The van der Waals surface area contributed by atoms with Crippen molar-refractivity contribution in [2.45, 2.75) is 31.0 Å². The van der Waals surface area contributed by atoms with Gasteiger partial charge in [-0.3, -0.25) is 14.5 Å². The van der Waals surface area contributed by atoms with Gasteiger partial charge in [0.1, 0.15) is 32.7 Å². The maximum atomic E-state index is 13.2. The van der Waals surface area contributed by atoms with Gasteiger partial charge in [0.2, 0.25) is 11.6 Å². The van der Waals surface area contributed by atoms with Crippen LogP contribution in [0.5, 0.6) is 0 Å². The minimum absolute atomic E-state index is 0.00210. The van der Waals surface area contributed by atoms with Gasteiger partial charge in [-0.1, -0.05) is 28.1 Å². The topological polar surface area (TPSA) is 204 Å². The second kappa shape index (κ2) is 10.8. The number of carboxylic acids is 2. The molecule has 208 valence electrons. The molecule has 2 unspecified atom stereocenters. The van der Waals surface area contributed by atoms with Crippen molar-refractivity contribution in [3.8, 4) is 0 Å². The van der Waals surface area contributed by atoms with Gasteiger partial charge in [0.05, 0.1) is 0 Å². The normalized spacial score (nSPS) is 19.7. The number of thioether (sulfide) groups is 1. The summed E-state index contributed by atoms with van der Waals surface area (Å²) in [6.07, 6.45) is 2.21. The molecule has 2 aliphatic heterocycles. The molecule has 0 saturated carbocycles. The number of pyridine rings is 1. The van der Waals surface area contributed by atoms with Crippen LogP contribution in [-0.4, -0.2) is 77.8 Å². The number of nitrogens with two attached hydrogens (primary N) is 1. The van der Waals surface area contributed by atoms with E-state index in [0.29, 0.717) is 11.3 Å². The van der Waals surface area contributed by atoms with Crippen LogP contribution in [0.15, 0.2) is 47.0 Å². The molecule has 0 aliphatic carbocycles. The maximum absolute atomic E-state index is 13.2. The number of anilines is 1. The quantitative estimate of drug-likeness (QED) is 0.100. The molecular weight excluding hydrogens is 586 g/mol. The predicted octanol–water partition coefficient (Wildman–Crippen LogP) is 0.780. The summed E-state index contributed by atoms with van der Waals surface area (Å²) in [5.74, 6) is -3.85. The highest BCUT2D eigenvalue weighted by Gasteiger charge is 2.55. The van der Waals surface area contributed by atoms with Crippen LogP contribution >= 0.6 is 34.7 Å². The molecule has 3 aromatic heterocycles. The van der Waals surface area contributed by atoms with Crippen LogP contribution in [-0.2, 0) is 30.6 Å². The number of fused-ring (bicyclic) bond motifs is 2. The maximum Gasteiger partial charge on any atom is 0.352 e. The molecule has 5 heterocycles. The average molecular weight is 607 g/mol. The fraction of sp³-hybridized carbons (Fsp3) is 0.261. The number of nitrogens with one attached hydrogen (secondary N) is 2. The van der Waals surface area contributed by atoms with Crippen molar-refractivity contribution >= 4 is 80.3 Å². The lowest BCUT2D eigenvalue weighted by Gasteiger charge is -2.49. The van der Waals surface area contributed by atoms with Gasteiger partial charge < -0.3 is 31.1 Å². The second-order valence-corrected chi connectivity index (χ2v) is 11.5. The number of hydrogen-bond acceptors (Lipinski definition) is 10. The van der Waals surface area contributed by atoms with Gasteiger partial charge in [0.15, 0.2) is 23.6 Å². The molecule has 1 saturated heterocycles. The monoisotopic (exact) mass is 606 g/mol. The number of H-pyrrole nitrogens is 1. The van der Waals surface area contributed by atoms with Crippen molar-refractivity contribution < 1.29 is 38.8 Å². The average Bonchev–Trinajstić information content (AvgIpc) is 3.53. The third-order valence-corrected chi connectivity index (χ3v) is 8.61. The van der Waals surface area contributed by atoms with E-state index in [2.05, 4.69) is 20.4 Å².